The normalized spacial score (nSPS) is 15.4. The van der Waals surface area contributed by atoms with Crippen molar-refractivity contribution in [1.29, 1.82) is 0 Å². The quantitative estimate of drug-likeness (QED) is 0.662. The maximum atomic E-state index is 12.7. The van der Waals surface area contributed by atoms with E-state index in [9.17, 15) is 4.21 Å². The molecule has 3 nitrogen and oxygen atoms in total. The van der Waals surface area contributed by atoms with Crippen LogP contribution in [-0.2, 0) is 10.8 Å². The lowest BCUT2D eigenvalue weighted by Gasteiger charge is -2.13. The van der Waals surface area contributed by atoms with E-state index in [1.54, 1.807) is 17.5 Å². The second-order valence-electron chi connectivity index (χ2n) is 5.06. The molecular formula is C17H17NO2S2. The van der Waals surface area contributed by atoms with E-state index in [1.165, 1.54) is 0 Å². The van der Waals surface area contributed by atoms with E-state index in [0.29, 0.717) is 11.7 Å². The molecule has 1 aromatic carbocycles. The zero-order valence-electron chi connectivity index (χ0n) is 12.4. The van der Waals surface area contributed by atoms with Gasteiger partial charge in [-0.05, 0) is 25.3 Å². The summed E-state index contributed by atoms with van der Waals surface area (Å²) in [4.78, 5) is 5.45. The van der Waals surface area contributed by atoms with Crippen LogP contribution in [0.1, 0.15) is 35.1 Å². The predicted octanol–water partition coefficient (Wildman–Crippen LogP) is 4.97. The van der Waals surface area contributed by atoms with Gasteiger partial charge in [-0.25, -0.2) is 4.98 Å². The van der Waals surface area contributed by atoms with Crippen LogP contribution in [-0.4, -0.2) is 9.19 Å². The highest BCUT2D eigenvalue weighted by Gasteiger charge is 2.25. The molecule has 0 spiro atoms. The van der Waals surface area contributed by atoms with Crippen LogP contribution < -0.4 is 0 Å². The first-order valence-corrected chi connectivity index (χ1v) is 9.26. The Balaban J connectivity index is 1.79. The number of hydrogen-bond donors (Lipinski definition) is 0. The van der Waals surface area contributed by atoms with Crippen LogP contribution in [0.4, 0.5) is 0 Å². The second-order valence-corrected chi connectivity index (χ2v) is 8.11. The topological polar surface area (TPSA) is 43.1 Å². The van der Waals surface area contributed by atoms with Crippen LogP contribution in [0.15, 0.2) is 58.5 Å². The van der Waals surface area contributed by atoms with E-state index in [2.05, 4.69) is 4.98 Å². The Kier molecular flexibility index (Phi) is 4.55. The average molecular weight is 331 g/mol. The SMILES string of the molecule is C[C@H](c1ncc(-c2ccccc2)o1)[S@](=O)[C@H](C)c1cccs1. The Hall–Kier alpha value is -1.72. The van der Waals surface area contributed by atoms with Crippen molar-refractivity contribution in [3.63, 3.8) is 0 Å². The zero-order chi connectivity index (χ0) is 15.5. The molecule has 0 N–H and O–H groups in total. The molecule has 5 heteroatoms. The van der Waals surface area contributed by atoms with Crippen molar-refractivity contribution in [2.24, 2.45) is 0 Å². The molecule has 0 bridgehead atoms. The molecular weight excluding hydrogens is 314 g/mol. The van der Waals surface area contributed by atoms with Crippen LogP contribution in [0.25, 0.3) is 11.3 Å². The molecule has 0 saturated carbocycles. The highest BCUT2D eigenvalue weighted by atomic mass is 32.2. The minimum Gasteiger partial charge on any atom is -0.439 e. The molecule has 114 valence electrons. The number of nitrogens with zero attached hydrogens (tertiary/aromatic N) is 1. The summed E-state index contributed by atoms with van der Waals surface area (Å²) in [5.41, 5.74) is 0.977. The highest BCUT2D eigenvalue weighted by molar-refractivity contribution is 7.85. The van der Waals surface area contributed by atoms with E-state index in [-0.39, 0.29) is 10.5 Å². The molecule has 0 unspecified atom stereocenters. The summed E-state index contributed by atoms with van der Waals surface area (Å²) in [5, 5.41) is 1.74. The number of oxazole rings is 1. The van der Waals surface area contributed by atoms with Crippen molar-refractivity contribution in [1.82, 2.24) is 4.98 Å². The molecule has 22 heavy (non-hydrogen) atoms. The number of thiophene rings is 1. The molecule has 3 rings (SSSR count). The van der Waals surface area contributed by atoms with Gasteiger partial charge in [0.1, 0.15) is 5.25 Å². The minimum absolute atomic E-state index is 0.0259. The van der Waals surface area contributed by atoms with Crippen LogP contribution in [0.3, 0.4) is 0 Å². The molecule has 0 fully saturated rings. The first-order chi connectivity index (χ1) is 10.7. The Morgan fingerprint density at radius 3 is 2.55 bits per heavy atom. The molecule has 0 amide bonds. The van der Waals surface area contributed by atoms with E-state index in [0.717, 1.165) is 10.4 Å². The van der Waals surface area contributed by atoms with Gasteiger partial charge in [0, 0.05) is 21.2 Å². The summed E-state index contributed by atoms with van der Waals surface area (Å²) in [6.45, 7) is 3.89. The number of rotatable bonds is 5. The molecule has 3 aromatic rings. The van der Waals surface area contributed by atoms with Gasteiger partial charge < -0.3 is 4.42 Å². The maximum absolute atomic E-state index is 12.7. The first kappa shape index (κ1) is 15.2. The third kappa shape index (κ3) is 3.05. The van der Waals surface area contributed by atoms with Crippen molar-refractivity contribution >= 4 is 22.1 Å². The van der Waals surface area contributed by atoms with E-state index in [1.807, 2.05) is 61.7 Å². The van der Waals surface area contributed by atoms with Crippen LogP contribution in [0.2, 0.25) is 0 Å². The van der Waals surface area contributed by atoms with Crippen molar-refractivity contribution in [2.75, 3.05) is 0 Å². The minimum atomic E-state index is -1.08. The number of benzene rings is 1. The highest BCUT2D eigenvalue weighted by Crippen LogP contribution is 2.33. The summed E-state index contributed by atoms with van der Waals surface area (Å²) >= 11 is 1.63. The molecule has 2 heterocycles. The fourth-order valence-corrected chi connectivity index (χ4v) is 4.60. The third-order valence-electron chi connectivity index (χ3n) is 3.57. The second kappa shape index (κ2) is 6.58. The van der Waals surface area contributed by atoms with Gasteiger partial charge in [-0.1, -0.05) is 36.4 Å². The summed E-state index contributed by atoms with van der Waals surface area (Å²) in [7, 11) is -1.08. The Labute approximate surface area is 136 Å². The Morgan fingerprint density at radius 1 is 1.09 bits per heavy atom. The molecule has 0 aliphatic heterocycles. The molecule has 2 aromatic heterocycles. The monoisotopic (exact) mass is 331 g/mol. The third-order valence-corrected chi connectivity index (χ3v) is 6.62. The van der Waals surface area contributed by atoms with Gasteiger partial charge in [0.2, 0.25) is 5.89 Å². The van der Waals surface area contributed by atoms with Crippen molar-refractivity contribution in [3.05, 3.63) is 64.8 Å². The number of aromatic nitrogens is 1. The summed E-state index contributed by atoms with van der Waals surface area (Å²) < 4.78 is 18.5. The van der Waals surface area contributed by atoms with E-state index >= 15 is 0 Å². The van der Waals surface area contributed by atoms with Gasteiger partial charge in [0.15, 0.2) is 5.76 Å². The molecule has 0 aliphatic rings. The Bertz CT molecular complexity index is 750. The van der Waals surface area contributed by atoms with Gasteiger partial charge in [-0.2, -0.15) is 0 Å². The van der Waals surface area contributed by atoms with Crippen molar-refractivity contribution < 1.29 is 8.63 Å². The van der Waals surface area contributed by atoms with Gasteiger partial charge in [0.25, 0.3) is 0 Å². The standard InChI is InChI=1S/C17H17NO2S2/c1-12(16-9-6-10-21-16)22(19)13(2)17-18-11-15(20-17)14-7-4-3-5-8-14/h3-13H,1-2H3/t12-,13-,22-/m1/s1. The van der Waals surface area contributed by atoms with E-state index in [4.69, 9.17) is 4.42 Å². The lowest BCUT2D eigenvalue weighted by molar-refractivity contribution is 0.504. The largest absolute Gasteiger partial charge is 0.439 e. The van der Waals surface area contributed by atoms with Crippen LogP contribution in [0.5, 0.6) is 0 Å². The lowest BCUT2D eigenvalue weighted by atomic mass is 10.2. The molecule has 0 saturated heterocycles. The Morgan fingerprint density at radius 2 is 1.86 bits per heavy atom. The summed E-state index contributed by atoms with van der Waals surface area (Å²) in [6, 6.07) is 13.8. The van der Waals surface area contributed by atoms with Gasteiger partial charge in [-0.3, -0.25) is 4.21 Å². The molecule has 3 atom stereocenters. The van der Waals surface area contributed by atoms with Crippen molar-refractivity contribution in [3.8, 4) is 11.3 Å². The van der Waals surface area contributed by atoms with E-state index < -0.39 is 10.8 Å². The summed E-state index contributed by atoms with van der Waals surface area (Å²) in [6.07, 6.45) is 1.70. The maximum Gasteiger partial charge on any atom is 0.210 e. The zero-order valence-corrected chi connectivity index (χ0v) is 14.1. The predicted molar refractivity (Wildman–Crippen MR) is 91.2 cm³/mol. The number of hydrogen-bond acceptors (Lipinski definition) is 4. The first-order valence-electron chi connectivity index (χ1n) is 7.10. The lowest BCUT2D eigenvalue weighted by Crippen LogP contribution is -2.09. The van der Waals surface area contributed by atoms with Gasteiger partial charge >= 0.3 is 0 Å². The van der Waals surface area contributed by atoms with Gasteiger partial charge in [-0.15, -0.1) is 11.3 Å². The van der Waals surface area contributed by atoms with Crippen LogP contribution in [0, 0.1) is 0 Å². The fourth-order valence-electron chi connectivity index (χ4n) is 2.25. The summed E-state index contributed by atoms with van der Waals surface area (Å²) in [5.74, 6) is 1.24. The van der Waals surface area contributed by atoms with Crippen LogP contribution >= 0.6 is 11.3 Å². The molecule has 0 radical (unpaired) electrons. The smallest absolute Gasteiger partial charge is 0.210 e. The average Bonchev–Trinajstić information content (AvgIpc) is 3.25. The van der Waals surface area contributed by atoms with Crippen molar-refractivity contribution in [2.45, 2.75) is 24.3 Å². The van der Waals surface area contributed by atoms with Gasteiger partial charge in [0.05, 0.1) is 11.4 Å². The molecule has 0 aliphatic carbocycles. The fraction of sp³-hybridized carbons (Fsp3) is 0.235.